The topological polar surface area (TPSA) is 53.4 Å². The van der Waals surface area contributed by atoms with Crippen LogP contribution in [0.4, 0.5) is 5.69 Å². The van der Waals surface area contributed by atoms with Crippen molar-refractivity contribution in [3.8, 4) is 16.9 Å². The second-order valence-corrected chi connectivity index (χ2v) is 10.3. The minimum atomic E-state index is 0.0267. The SMILES string of the molecule is Cc1ccc(N2CCN(CNC(=O)Cc3cc(CS)cc(-c4ccn(-c5ccccc5)n4)c3)CC2)c(C)c1. The number of nitrogens with zero attached hydrogens (tertiary/aromatic N) is 4. The number of carbonyl (C=O) groups excluding carboxylic acids is 1. The van der Waals surface area contributed by atoms with E-state index >= 15 is 0 Å². The largest absolute Gasteiger partial charge is 0.369 e. The van der Waals surface area contributed by atoms with E-state index in [1.807, 2.05) is 47.3 Å². The molecule has 0 saturated carbocycles. The number of aromatic nitrogens is 2. The molecular weight excluding hydrogens is 490 g/mol. The van der Waals surface area contributed by atoms with Gasteiger partial charge < -0.3 is 10.2 Å². The Morgan fingerprint density at radius 2 is 1.68 bits per heavy atom. The Morgan fingerprint density at radius 3 is 2.42 bits per heavy atom. The van der Waals surface area contributed by atoms with Gasteiger partial charge in [0.15, 0.2) is 0 Å². The number of amides is 1. The summed E-state index contributed by atoms with van der Waals surface area (Å²) in [5, 5.41) is 7.89. The summed E-state index contributed by atoms with van der Waals surface area (Å²) in [6, 6.07) is 24.9. The van der Waals surface area contributed by atoms with Crippen LogP contribution in [0.15, 0.2) is 79.0 Å². The Hall–Kier alpha value is -3.55. The first-order valence-electron chi connectivity index (χ1n) is 13.1. The van der Waals surface area contributed by atoms with E-state index in [9.17, 15) is 4.79 Å². The van der Waals surface area contributed by atoms with Crippen LogP contribution in [0.1, 0.15) is 22.3 Å². The van der Waals surface area contributed by atoms with Crippen LogP contribution in [0.5, 0.6) is 0 Å². The highest BCUT2D eigenvalue weighted by atomic mass is 32.1. The van der Waals surface area contributed by atoms with Crippen molar-refractivity contribution in [3.63, 3.8) is 0 Å². The molecule has 7 heteroatoms. The Bertz CT molecular complexity index is 1390. The van der Waals surface area contributed by atoms with Gasteiger partial charge in [-0.15, -0.1) is 0 Å². The quantitative estimate of drug-likeness (QED) is 0.317. The third kappa shape index (κ3) is 6.29. The summed E-state index contributed by atoms with van der Waals surface area (Å²) in [7, 11) is 0. The number of aryl methyl sites for hydroxylation is 2. The number of carbonyl (C=O) groups is 1. The molecule has 0 atom stereocenters. The van der Waals surface area contributed by atoms with Gasteiger partial charge in [-0.05, 0) is 66.9 Å². The van der Waals surface area contributed by atoms with Crippen molar-refractivity contribution >= 4 is 24.2 Å². The molecule has 1 N–H and O–H groups in total. The molecule has 1 fully saturated rings. The summed E-state index contributed by atoms with van der Waals surface area (Å²) in [6.45, 7) is 8.66. The second kappa shape index (κ2) is 11.9. The molecule has 5 rings (SSSR count). The summed E-state index contributed by atoms with van der Waals surface area (Å²) in [5.74, 6) is 0.631. The van der Waals surface area contributed by atoms with Crippen LogP contribution in [-0.4, -0.2) is 53.4 Å². The third-order valence-corrected chi connectivity index (χ3v) is 7.44. The molecule has 38 heavy (non-hydrogen) atoms. The van der Waals surface area contributed by atoms with Gasteiger partial charge in [0.25, 0.3) is 0 Å². The lowest BCUT2D eigenvalue weighted by Crippen LogP contribution is -2.50. The molecule has 6 nitrogen and oxygen atoms in total. The Morgan fingerprint density at radius 1 is 0.921 bits per heavy atom. The van der Waals surface area contributed by atoms with Crippen molar-refractivity contribution in [1.29, 1.82) is 0 Å². The van der Waals surface area contributed by atoms with E-state index in [2.05, 4.69) is 78.0 Å². The van der Waals surface area contributed by atoms with Gasteiger partial charge in [0.1, 0.15) is 0 Å². The molecule has 1 saturated heterocycles. The molecule has 1 aromatic heterocycles. The molecular formula is C31H35N5OS. The van der Waals surface area contributed by atoms with Gasteiger partial charge in [0.2, 0.25) is 5.91 Å². The van der Waals surface area contributed by atoms with Crippen LogP contribution in [-0.2, 0) is 17.0 Å². The first kappa shape index (κ1) is 26.1. The van der Waals surface area contributed by atoms with Crippen molar-refractivity contribution in [2.45, 2.75) is 26.0 Å². The molecule has 1 aliphatic rings. The van der Waals surface area contributed by atoms with Gasteiger partial charge in [-0.2, -0.15) is 17.7 Å². The van der Waals surface area contributed by atoms with Crippen LogP contribution in [0.2, 0.25) is 0 Å². The molecule has 3 aromatic carbocycles. The maximum absolute atomic E-state index is 12.9. The van der Waals surface area contributed by atoms with Gasteiger partial charge in [0, 0.05) is 49.4 Å². The summed E-state index contributed by atoms with van der Waals surface area (Å²) < 4.78 is 1.87. The minimum Gasteiger partial charge on any atom is -0.369 e. The zero-order chi connectivity index (χ0) is 26.5. The maximum Gasteiger partial charge on any atom is 0.225 e. The minimum absolute atomic E-state index is 0.0267. The molecule has 1 amide bonds. The van der Waals surface area contributed by atoms with Crippen molar-refractivity contribution in [2.75, 3.05) is 37.7 Å². The zero-order valence-corrected chi connectivity index (χ0v) is 23.0. The normalized spacial score (nSPS) is 14.0. The Kier molecular flexibility index (Phi) is 8.15. The van der Waals surface area contributed by atoms with Gasteiger partial charge >= 0.3 is 0 Å². The van der Waals surface area contributed by atoms with Gasteiger partial charge in [0.05, 0.1) is 24.5 Å². The smallest absolute Gasteiger partial charge is 0.225 e. The third-order valence-electron chi connectivity index (χ3n) is 7.07. The summed E-state index contributed by atoms with van der Waals surface area (Å²) in [5.41, 5.74) is 8.86. The number of hydrogen-bond acceptors (Lipinski definition) is 5. The number of piperazine rings is 1. The number of para-hydroxylation sites is 1. The lowest BCUT2D eigenvalue weighted by atomic mass is 10.0. The predicted octanol–water partition coefficient (Wildman–Crippen LogP) is 5.02. The fourth-order valence-electron chi connectivity index (χ4n) is 5.06. The lowest BCUT2D eigenvalue weighted by Gasteiger charge is -2.36. The van der Waals surface area contributed by atoms with Crippen LogP contribution in [0.3, 0.4) is 0 Å². The molecule has 0 spiro atoms. The zero-order valence-electron chi connectivity index (χ0n) is 22.1. The van der Waals surface area contributed by atoms with E-state index < -0.39 is 0 Å². The van der Waals surface area contributed by atoms with E-state index in [-0.39, 0.29) is 5.91 Å². The molecule has 0 radical (unpaired) electrons. The van der Waals surface area contributed by atoms with E-state index in [1.54, 1.807) is 0 Å². The Balaban J connectivity index is 1.17. The van der Waals surface area contributed by atoms with E-state index in [1.165, 1.54) is 16.8 Å². The standard InChI is InChI=1S/C31H35N5OS/c1-23-8-9-30(24(2)16-23)35-14-12-34(13-15-35)22-32-31(37)20-25-17-26(21-38)19-27(18-25)29-10-11-36(33-29)28-6-4-3-5-7-28/h3-11,16-19,38H,12-15,20-22H2,1-2H3,(H,32,37). The number of hydrogen-bond donors (Lipinski definition) is 2. The van der Waals surface area contributed by atoms with Crippen molar-refractivity contribution in [2.24, 2.45) is 0 Å². The average Bonchev–Trinajstić information content (AvgIpc) is 3.43. The molecule has 1 aliphatic heterocycles. The van der Waals surface area contributed by atoms with Crippen LogP contribution in [0, 0.1) is 13.8 Å². The summed E-state index contributed by atoms with van der Waals surface area (Å²) >= 11 is 4.49. The number of nitrogens with one attached hydrogen (secondary N) is 1. The van der Waals surface area contributed by atoms with Crippen molar-refractivity contribution < 1.29 is 4.79 Å². The number of anilines is 1. The monoisotopic (exact) mass is 525 g/mol. The number of rotatable bonds is 8. The summed E-state index contributed by atoms with van der Waals surface area (Å²) in [6.07, 6.45) is 2.29. The molecule has 4 aromatic rings. The summed E-state index contributed by atoms with van der Waals surface area (Å²) in [4.78, 5) is 17.6. The molecule has 0 bridgehead atoms. The molecule has 0 aliphatic carbocycles. The average molecular weight is 526 g/mol. The molecule has 0 unspecified atom stereocenters. The highest BCUT2D eigenvalue weighted by Crippen LogP contribution is 2.24. The first-order valence-corrected chi connectivity index (χ1v) is 13.8. The number of thiol groups is 1. The van der Waals surface area contributed by atoms with Crippen LogP contribution >= 0.6 is 12.6 Å². The fraction of sp³-hybridized carbons (Fsp3) is 0.290. The van der Waals surface area contributed by atoms with E-state index in [0.29, 0.717) is 18.8 Å². The molecule has 2 heterocycles. The number of benzene rings is 3. The maximum atomic E-state index is 12.9. The fourth-order valence-corrected chi connectivity index (χ4v) is 5.24. The van der Waals surface area contributed by atoms with Crippen LogP contribution in [0.25, 0.3) is 16.9 Å². The predicted molar refractivity (Wildman–Crippen MR) is 158 cm³/mol. The second-order valence-electron chi connectivity index (χ2n) is 10.0. The van der Waals surface area contributed by atoms with Gasteiger partial charge in [-0.1, -0.05) is 42.0 Å². The highest BCUT2D eigenvalue weighted by molar-refractivity contribution is 7.79. The van der Waals surface area contributed by atoms with E-state index in [4.69, 9.17) is 5.10 Å². The van der Waals surface area contributed by atoms with Gasteiger partial charge in [-0.25, -0.2) is 4.68 Å². The van der Waals surface area contributed by atoms with E-state index in [0.717, 1.165) is 54.3 Å². The first-order chi connectivity index (χ1) is 18.5. The molecule has 196 valence electrons. The van der Waals surface area contributed by atoms with Crippen LogP contribution < -0.4 is 10.2 Å². The Labute approximate surface area is 230 Å². The van der Waals surface area contributed by atoms with Crippen molar-refractivity contribution in [3.05, 3.63) is 101 Å². The van der Waals surface area contributed by atoms with Crippen molar-refractivity contribution in [1.82, 2.24) is 20.0 Å². The lowest BCUT2D eigenvalue weighted by molar-refractivity contribution is -0.121. The van der Waals surface area contributed by atoms with Gasteiger partial charge in [-0.3, -0.25) is 9.69 Å². The highest BCUT2D eigenvalue weighted by Gasteiger charge is 2.19.